The molecule has 0 saturated carbocycles. The molecule has 94 valence electrons. The fourth-order valence-corrected chi connectivity index (χ4v) is 2.55. The van der Waals surface area contributed by atoms with E-state index in [9.17, 15) is 5.11 Å². The molecule has 1 saturated heterocycles. The summed E-state index contributed by atoms with van der Waals surface area (Å²) in [5, 5.41) is 10.1. The number of hydrogen-bond donors (Lipinski definition) is 2. The highest BCUT2D eigenvalue weighted by Gasteiger charge is 2.32. The van der Waals surface area contributed by atoms with Gasteiger partial charge in [0.2, 0.25) is 0 Å². The van der Waals surface area contributed by atoms with E-state index in [0.717, 1.165) is 25.1 Å². The van der Waals surface area contributed by atoms with Crippen LogP contribution in [0, 0.1) is 0 Å². The lowest BCUT2D eigenvalue weighted by Gasteiger charge is -2.40. The van der Waals surface area contributed by atoms with Gasteiger partial charge < -0.3 is 10.8 Å². The Labute approximate surface area is 102 Å². The quantitative estimate of drug-likeness (QED) is 0.818. The second kappa shape index (κ2) is 5.12. The van der Waals surface area contributed by atoms with E-state index >= 15 is 0 Å². The molecular formula is C13H21N3O. The number of nitrogens with two attached hydrogens (primary N) is 1. The van der Waals surface area contributed by atoms with Crippen molar-refractivity contribution in [3.63, 3.8) is 0 Å². The van der Waals surface area contributed by atoms with Gasteiger partial charge in [0.05, 0.1) is 17.3 Å². The number of nitrogens with zero attached hydrogens (tertiary/aromatic N) is 2. The summed E-state index contributed by atoms with van der Waals surface area (Å²) in [6.07, 6.45) is 3.67. The summed E-state index contributed by atoms with van der Waals surface area (Å²) in [5.41, 5.74) is 6.26. The molecule has 4 heteroatoms. The van der Waals surface area contributed by atoms with Crippen molar-refractivity contribution in [1.82, 2.24) is 9.88 Å². The average molecular weight is 235 g/mol. The van der Waals surface area contributed by atoms with E-state index in [-0.39, 0.29) is 6.04 Å². The van der Waals surface area contributed by atoms with Gasteiger partial charge in [0.25, 0.3) is 0 Å². The standard InChI is InChI=1S/C13H21N3O/c1-13(17)6-4-8-16(10-13)12(9-14)11-5-2-3-7-15-11/h2-3,5,7,12,17H,4,6,8-10,14H2,1H3. The van der Waals surface area contributed by atoms with Crippen LogP contribution >= 0.6 is 0 Å². The number of β-amino-alcohol motifs (C(OH)–C–C–N with tert-alkyl or cyclic N) is 1. The van der Waals surface area contributed by atoms with Crippen LogP contribution in [0.2, 0.25) is 0 Å². The molecule has 2 rings (SSSR count). The van der Waals surface area contributed by atoms with Crippen molar-refractivity contribution in [2.75, 3.05) is 19.6 Å². The maximum Gasteiger partial charge on any atom is 0.0746 e. The lowest BCUT2D eigenvalue weighted by molar-refractivity contribution is -0.0298. The third-order valence-corrected chi connectivity index (χ3v) is 3.40. The molecule has 1 aromatic heterocycles. The summed E-state index contributed by atoms with van der Waals surface area (Å²) in [7, 11) is 0. The molecule has 2 heterocycles. The van der Waals surface area contributed by atoms with Crippen LogP contribution in [0.4, 0.5) is 0 Å². The van der Waals surface area contributed by atoms with Crippen molar-refractivity contribution in [3.8, 4) is 0 Å². The van der Waals surface area contributed by atoms with Gasteiger partial charge in [0.1, 0.15) is 0 Å². The summed E-state index contributed by atoms with van der Waals surface area (Å²) in [5.74, 6) is 0. The Balaban J connectivity index is 2.13. The first-order valence-corrected chi connectivity index (χ1v) is 6.20. The molecule has 1 aliphatic heterocycles. The lowest BCUT2D eigenvalue weighted by atomic mass is 9.93. The van der Waals surface area contributed by atoms with Crippen molar-refractivity contribution in [2.24, 2.45) is 5.73 Å². The first-order chi connectivity index (χ1) is 8.12. The number of hydrogen-bond acceptors (Lipinski definition) is 4. The minimum atomic E-state index is -0.597. The topological polar surface area (TPSA) is 62.4 Å². The zero-order chi connectivity index (χ0) is 12.3. The van der Waals surface area contributed by atoms with Crippen molar-refractivity contribution < 1.29 is 5.11 Å². The zero-order valence-corrected chi connectivity index (χ0v) is 10.3. The minimum Gasteiger partial charge on any atom is -0.389 e. The van der Waals surface area contributed by atoms with E-state index in [4.69, 9.17) is 5.73 Å². The summed E-state index contributed by atoms with van der Waals surface area (Å²) in [6.45, 7) is 4.08. The Morgan fingerprint density at radius 3 is 3.00 bits per heavy atom. The largest absolute Gasteiger partial charge is 0.389 e. The predicted octanol–water partition coefficient (Wildman–Crippen LogP) is 0.928. The molecule has 1 aromatic rings. The van der Waals surface area contributed by atoms with Gasteiger partial charge in [-0.05, 0) is 38.4 Å². The number of aliphatic hydroxyl groups is 1. The maximum atomic E-state index is 10.1. The molecule has 0 aromatic carbocycles. The molecule has 17 heavy (non-hydrogen) atoms. The summed E-state index contributed by atoms with van der Waals surface area (Å²) < 4.78 is 0. The highest BCUT2D eigenvalue weighted by Crippen LogP contribution is 2.27. The van der Waals surface area contributed by atoms with E-state index in [2.05, 4.69) is 9.88 Å². The van der Waals surface area contributed by atoms with Gasteiger partial charge in [0.15, 0.2) is 0 Å². The predicted molar refractivity (Wildman–Crippen MR) is 67.5 cm³/mol. The third-order valence-electron chi connectivity index (χ3n) is 3.40. The Morgan fingerprint density at radius 2 is 2.41 bits per heavy atom. The SMILES string of the molecule is CC1(O)CCCN(C(CN)c2ccccn2)C1. The van der Waals surface area contributed by atoms with E-state index in [1.54, 1.807) is 6.20 Å². The van der Waals surface area contributed by atoms with Crippen molar-refractivity contribution >= 4 is 0 Å². The van der Waals surface area contributed by atoms with Crippen LogP contribution < -0.4 is 5.73 Å². The highest BCUT2D eigenvalue weighted by molar-refractivity contribution is 5.10. The lowest BCUT2D eigenvalue weighted by Crippen LogP contribution is -2.49. The van der Waals surface area contributed by atoms with Gasteiger partial charge in [-0.1, -0.05) is 6.07 Å². The van der Waals surface area contributed by atoms with Gasteiger partial charge in [0, 0.05) is 19.3 Å². The number of pyridine rings is 1. The van der Waals surface area contributed by atoms with Crippen LogP contribution in [0.5, 0.6) is 0 Å². The smallest absolute Gasteiger partial charge is 0.0746 e. The molecular weight excluding hydrogens is 214 g/mol. The second-order valence-electron chi connectivity index (χ2n) is 5.08. The molecule has 1 fully saturated rings. The molecule has 0 spiro atoms. The fourth-order valence-electron chi connectivity index (χ4n) is 2.55. The van der Waals surface area contributed by atoms with Crippen molar-refractivity contribution in [2.45, 2.75) is 31.4 Å². The molecule has 1 aliphatic rings. The first kappa shape index (κ1) is 12.5. The molecule has 2 unspecified atom stereocenters. The van der Waals surface area contributed by atoms with Gasteiger partial charge >= 0.3 is 0 Å². The molecule has 2 atom stereocenters. The number of aromatic nitrogens is 1. The molecule has 0 radical (unpaired) electrons. The second-order valence-corrected chi connectivity index (χ2v) is 5.08. The average Bonchev–Trinajstić information content (AvgIpc) is 2.30. The molecule has 4 nitrogen and oxygen atoms in total. The summed E-state index contributed by atoms with van der Waals surface area (Å²) in [6, 6.07) is 6.00. The van der Waals surface area contributed by atoms with Crippen molar-refractivity contribution in [1.29, 1.82) is 0 Å². The van der Waals surface area contributed by atoms with Crippen LogP contribution in [-0.4, -0.2) is 40.2 Å². The zero-order valence-electron chi connectivity index (χ0n) is 10.3. The van der Waals surface area contributed by atoms with Crippen LogP contribution in [0.25, 0.3) is 0 Å². The van der Waals surface area contributed by atoms with Crippen molar-refractivity contribution in [3.05, 3.63) is 30.1 Å². The highest BCUT2D eigenvalue weighted by atomic mass is 16.3. The van der Waals surface area contributed by atoms with Crippen LogP contribution in [0.1, 0.15) is 31.5 Å². The third kappa shape index (κ3) is 3.03. The summed E-state index contributed by atoms with van der Waals surface area (Å²) >= 11 is 0. The van der Waals surface area contributed by atoms with E-state index < -0.39 is 5.60 Å². The van der Waals surface area contributed by atoms with E-state index in [1.807, 2.05) is 25.1 Å². The normalized spacial score (nSPS) is 27.9. The summed E-state index contributed by atoms with van der Waals surface area (Å²) in [4.78, 5) is 6.61. The number of rotatable bonds is 3. The van der Waals surface area contributed by atoms with E-state index in [1.165, 1.54) is 0 Å². The number of likely N-dealkylation sites (tertiary alicyclic amines) is 1. The Hall–Kier alpha value is -0.970. The Bertz CT molecular complexity index is 353. The van der Waals surface area contributed by atoms with Gasteiger partial charge in [-0.25, -0.2) is 0 Å². The molecule has 0 bridgehead atoms. The molecule has 0 amide bonds. The maximum absolute atomic E-state index is 10.1. The first-order valence-electron chi connectivity index (χ1n) is 6.20. The monoisotopic (exact) mass is 235 g/mol. The fraction of sp³-hybridized carbons (Fsp3) is 0.615. The van der Waals surface area contributed by atoms with Gasteiger partial charge in [-0.2, -0.15) is 0 Å². The van der Waals surface area contributed by atoms with Gasteiger partial charge in [-0.3, -0.25) is 9.88 Å². The minimum absolute atomic E-state index is 0.114. The Kier molecular flexibility index (Phi) is 3.76. The van der Waals surface area contributed by atoms with Crippen LogP contribution in [0.3, 0.4) is 0 Å². The number of piperidine rings is 1. The van der Waals surface area contributed by atoms with Gasteiger partial charge in [-0.15, -0.1) is 0 Å². The Morgan fingerprint density at radius 1 is 1.59 bits per heavy atom. The van der Waals surface area contributed by atoms with Crippen LogP contribution in [0.15, 0.2) is 24.4 Å². The van der Waals surface area contributed by atoms with E-state index in [0.29, 0.717) is 13.1 Å². The molecule has 0 aliphatic carbocycles. The van der Waals surface area contributed by atoms with Crippen LogP contribution in [-0.2, 0) is 0 Å². The molecule has 3 N–H and O–H groups in total.